The third-order valence-electron chi connectivity index (χ3n) is 5.14. The van der Waals surface area contributed by atoms with E-state index in [0.29, 0.717) is 0 Å². The van der Waals surface area contributed by atoms with Gasteiger partial charge in [-0.25, -0.2) is 9.97 Å². The van der Waals surface area contributed by atoms with Gasteiger partial charge < -0.3 is 15.5 Å². The first-order valence-corrected chi connectivity index (χ1v) is 9.35. The van der Waals surface area contributed by atoms with E-state index in [0.717, 1.165) is 53.3 Å². The molecule has 1 aliphatic heterocycles. The van der Waals surface area contributed by atoms with E-state index in [1.165, 1.54) is 0 Å². The van der Waals surface area contributed by atoms with Crippen LogP contribution in [-0.2, 0) is 0 Å². The van der Waals surface area contributed by atoms with E-state index in [-0.39, 0.29) is 17.8 Å². The Morgan fingerprint density at radius 1 is 1.18 bits per heavy atom. The van der Waals surface area contributed by atoms with Crippen LogP contribution >= 0.6 is 0 Å². The fourth-order valence-corrected chi connectivity index (χ4v) is 3.52. The molecule has 144 valence electrons. The molecule has 3 aromatic rings. The molecule has 4 rings (SSSR count). The number of aryl methyl sites for hydroxylation is 1. The molecule has 1 amide bonds. The smallest absolute Gasteiger partial charge is 0.288 e. The first-order valence-electron chi connectivity index (χ1n) is 9.35. The molecule has 0 unspecified atom stereocenters. The number of amides is 1. The van der Waals surface area contributed by atoms with Crippen molar-refractivity contribution in [3.8, 4) is 0 Å². The van der Waals surface area contributed by atoms with Crippen molar-refractivity contribution in [3.63, 3.8) is 0 Å². The highest BCUT2D eigenvalue weighted by atomic mass is 16.2. The molecule has 28 heavy (non-hydrogen) atoms. The number of nitrogens with one attached hydrogen (secondary N) is 2. The van der Waals surface area contributed by atoms with E-state index in [4.69, 9.17) is 0 Å². The first kappa shape index (κ1) is 18.1. The molecule has 8 heteroatoms. The molecule has 1 fully saturated rings. The monoisotopic (exact) mass is 377 g/mol. The standard InChI is InChI=1S/C20H23N7O/c1-12-13(2)24-18(20(28)21-3)26-19(12)27-10-7-14(11-27)25-16-6-9-22-15-5-4-8-23-17(15)16/h4-6,8-9,14H,7,10-11H2,1-3H3,(H,21,28)(H,22,25)/t14-/m1/s1. The lowest BCUT2D eigenvalue weighted by Crippen LogP contribution is -2.29. The van der Waals surface area contributed by atoms with Crippen LogP contribution in [0.3, 0.4) is 0 Å². The summed E-state index contributed by atoms with van der Waals surface area (Å²) in [6, 6.07) is 6.07. The van der Waals surface area contributed by atoms with Crippen LogP contribution in [0.15, 0.2) is 30.6 Å². The Morgan fingerprint density at radius 3 is 2.86 bits per heavy atom. The number of nitrogens with zero attached hydrogens (tertiary/aromatic N) is 5. The highest BCUT2D eigenvalue weighted by molar-refractivity contribution is 5.90. The molecule has 1 aliphatic rings. The van der Waals surface area contributed by atoms with Crippen LogP contribution in [-0.4, -0.2) is 52.0 Å². The molecule has 0 aliphatic carbocycles. The van der Waals surface area contributed by atoms with Gasteiger partial charge in [0.25, 0.3) is 5.91 Å². The van der Waals surface area contributed by atoms with E-state index in [2.05, 4.69) is 35.5 Å². The summed E-state index contributed by atoms with van der Waals surface area (Å²) in [6.07, 6.45) is 4.55. The Bertz CT molecular complexity index is 1030. The quantitative estimate of drug-likeness (QED) is 0.719. The van der Waals surface area contributed by atoms with Crippen molar-refractivity contribution in [1.29, 1.82) is 0 Å². The maximum atomic E-state index is 12.0. The molecule has 8 nitrogen and oxygen atoms in total. The average Bonchev–Trinajstić information content (AvgIpc) is 3.18. The fourth-order valence-electron chi connectivity index (χ4n) is 3.52. The van der Waals surface area contributed by atoms with Crippen molar-refractivity contribution >= 4 is 28.4 Å². The van der Waals surface area contributed by atoms with Crippen molar-refractivity contribution < 1.29 is 4.79 Å². The van der Waals surface area contributed by atoms with Gasteiger partial charge in [0, 0.05) is 49.8 Å². The minimum Gasteiger partial charge on any atom is -0.379 e. The van der Waals surface area contributed by atoms with E-state index in [1.807, 2.05) is 32.0 Å². The second-order valence-corrected chi connectivity index (χ2v) is 6.97. The molecule has 4 heterocycles. The summed E-state index contributed by atoms with van der Waals surface area (Å²) in [4.78, 5) is 31.9. The Morgan fingerprint density at radius 2 is 2.04 bits per heavy atom. The van der Waals surface area contributed by atoms with Gasteiger partial charge >= 0.3 is 0 Å². The van der Waals surface area contributed by atoms with Crippen molar-refractivity contribution in [2.75, 3.05) is 30.4 Å². The molecule has 0 spiro atoms. The summed E-state index contributed by atoms with van der Waals surface area (Å²) in [5, 5.41) is 6.20. The van der Waals surface area contributed by atoms with Gasteiger partial charge in [0.15, 0.2) is 0 Å². The summed E-state index contributed by atoms with van der Waals surface area (Å²) in [5.74, 6) is 0.766. The molecular weight excluding hydrogens is 354 g/mol. The topological polar surface area (TPSA) is 95.9 Å². The minimum absolute atomic E-state index is 0.210. The predicted octanol–water partition coefficient (Wildman–Crippen LogP) is 2.09. The zero-order chi connectivity index (χ0) is 19.7. The van der Waals surface area contributed by atoms with Gasteiger partial charge in [0.2, 0.25) is 5.82 Å². The van der Waals surface area contributed by atoms with Crippen molar-refractivity contribution in [3.05, 3.63) is 47.7 Å². The zero-order valence-corrected chi connectivity index (χ0v) is 16.2. The number of hydrogen-bond donors (Lipinski definition) is 2. The molecule has 1 atom stereocenters. The largest absolute Gasteiger partial charge is 0.379 e. The lowest BCUT2D eigenvalue weighted by Gasteiger charge is -2.21. The van der Waals surface area contributed by atoms with Crippen LogP contribution in [0.4, 0.5) is 11.5 Å². The van der Waals surface area contributed by atoms with Gasteiger partial charge in [0.1, 0.15) is 11.3 Å². The van der Waals surface area contributed by atoms with Crippen LogP contribution in [0, 0.1) is 13.8 Å². The number of aromatic nitrogens is 4. The minimum atomic E-state index is -0.271. The molecular formula is C20H23N7O. The normalized spacial score (nSPS) is 16.4. The molecule has 0 saturated carbocycles. The van der Waals surface area contributed by atoms with Crippen LogP contribution < -0.4 is 15.5 Å². The van der Waals surface area contributed by atoms with Crippen molar-refractivity contribution in [1.82, 2.24) is 25.3 Å². The second-order valence-electron chi connectivity index (χ2n) is 6.97. The molecule has 2 N–H and O–H groups in total. The van der Waals surface area contributed by atoms with Gasteiger partial charge in [-0.3, -0.25) is 14.8 Å². The van der Waals surface area contributed by atoms with E-state index >= 15 is 0 Å². The van der Waals surface area contributed by atoms with E-state index in [9.17, 15) is 4.79 Å². The number of pyridine rings is 2. The number of carbonyl (C=O) groups excluding carboxylic acids is 1. The van der Waals surface area contributed by atoms with E-state index < -0.39 is 0 Å². The maximum absolute atomic E-state index is 12.0. The number of rotatable bonds is 4. The number of hydrogen-bond acceptors (Lipinski definition) is 7. The summed E-state index contributed by atoms with van der Waals surface area (Å²) >= 11 is 0. The van der Waals surface area contributed by atoms with Crippen LogP contribution in [0.2, 0.25) is 0 Å². The van der Waals surface area contributed by atoms with Gasteiger partial charge in [-0.2, -0.15) is 0 Å². The van der Waals surface area contributed by atoms with Crippen LogP contribution in [0.25, 0.3) is 11.0 Å². The van der Waals surface area contributed by atoms with Crippen LogP contribution in [0.1, 0.15) is 28.3 Å². The lowest BCUT2D eigenvalue weighted by molar-refractivity contribution is 0.0952. The fraction of sp³-hybridized carbons (Fsp3) is 0.350. The average molecular weight is 377 g/mol. The predicted molar refractivity (Wildman–Crippen MR) is 109 cm³/mol. The Kier molecular flexibility index (Phi) is 4.77. The molecule has 0 aromatic carbocycles. The maximum Gasteiger partial charge on any atom is 0.288 e. The third kappa shape index (κ3) is 3.33. The molecule has 0 bridgehead atoms. The number of carbonyl (C=O) groups is 1. The summed E-state index contributed by atoms with van der Waals surface area (Å²) in [7, 11) is 1.59. The van der Waals surface area contributed by atoms with Crippen molar-refractivity contribution in [2.45, 2.75) is 26.3 Å². The van der Waals surface area contributed by atoms with E-state index in [1.54, 1.807) is 19.4 Å². The second kappa shape index (κ2) is 7.38. The summed E-state index contributed by atoms with van der Waals surface area (Å²) < 4.78 is 0. The SMILES string of the molecule is CNC(=O)c1nc(C)c(C)c(N2CC[C@@H](Nc3ccnc4cccnc34)C2)n1. The first-order chi connectivity index (χ1) is 13.6. The Labute approximate surface area is 163 Å². The highest BCUT2D eigenvalue weighted by Gasteiger charge is 2.27. The summed E-state index contributed by atoms with van der Waals surface area (Å²) in [6.45, 7) is 5.56. The summed E-state index contributed by atoms with van der Waals surface area (Å²) in [5.41, 5.74) is 4.56. The lowest BCUT2D eigenvalue weighted by atomic mass is 10.2. The van der Waals surface area contributed by atoms with Gasteiger partial charge in [-0.1, -0.05) is 0 Å². The zero-order valence-electron chi connectivity index (χ0n) is 16.2. The van der Waals surface area contributed by atoms with Gasteiger partial charge in [-0.15, -0.1) is 0 Å². The molecule has 1 saturated heterocycles. The Hall–Kier alpha value is -3.29. The van der Waals surface area contributed by atoms with Crippen molar-refractivity contribution in [2.24, 2.45) is 0 Å². The van der Waals surface area contributed by atoms with Crippen LogP contribution in [0.5, 0.6) is 0 Å². The van der Waals surface area contributed by atoms with Gasteiger partial charge in [-0.05, 0) is 38.5 Å². The molecule has 0 radical (unpaired) electrons. The Balaban J connectivity index is 1.56. The third-order valence-corrected chi connectivity index (χ3v) is 5.14. The highest BCUT2D eigenvalue weighted by Crippen LogP contribution is 2.27. The molecule has 3 aromatic heterocycles. The number of anilines is 2. The van der Waals surface area contributed by atoms with Gasteiger partial charge in [0.05, 0.1) is 11.2 Å². The number of fused-ring (bicyclic) bond motifs is 1.